The van der Waals surface area contributed by atoms with Gasteiger partial charge in [0.15, 0.2) is 0 Å². The lowest BCUT2D eigenvalue weighted by atomic mass is 10.1. The Hall–Kier alpha value is -2.50. The van der Waals surface area contributed by atoms with Crippen molar-refractivity contribution in [2.45, 2.75) is 0 Å². The number of methoxy groups -OCH3 is 1. The molecule has 90 valence electrons. The molecule has 0 aliphatic rings. The Bertz CT molecular complexity index is 473. The van der Waals surface area contributed by atoms with Crippen molar-refractivity contribution in [1.29, 1.82) is 0 Å². The second-order valence-corrected chi connectivity index (χ2v) is 3.06. The number of ether oxygens (including phenoxy) is 1. The monoisotopic (exact) mass is 236 g/mol. The van der Waals surface area contributed by atoms with Crippen LogP contribution in [0.3, 0.4) is 0 Å². The zero-order chi connectivity index (χ0) is 13.0. The smallest absolute Gasteiger partial charge is 0.337 e. The normalized spacial score (nSPS) is 11.0. The second-order valence-electron chi connectivity index (χ2n) is 3.06. The van der Waals surface area contributed by atoms with Crippen LogP contribution in [0.1, 0.15) is 5.56 Å². The van der Waals surface area contributed by atoms with Gasteiger partial charge in [-0.1, -0.05) is 17.9 Å². The molecule has 0 radical (unpaired) electrons. The van der Waals surface area contributed by atoms with Crippen LogP contribution in [-0.2, 0) is 9.59 Å². The van der Waals surface area contributed by atoms with Gasteiger partial charge in [-0.3, -0.25) is 0 Å². The van der Waals surface area contributed by atoms with Crippen molar-refractivity contribution in [3.8, 4) is 11.5 Å². The molecule has 6 nitrogen and oxygen atoms in total. The molecule has 0 saturated heterocycles. The third-order valence-corrected chi connectivity index (χ3v) is 1.95. The van der Waals surface area contributed by atoms with Crippen molar-refractivity contribution in [2.24, 2.45) is 0 Å². The van der Waals surface area contributed by atoms with Crippen LogP contribution in [0, 0.1) is 0 Å². The van der Waals surface area contributed by atoms with Crippen LogP contribution in [0.2, 0.25) is 0 Å². The Morgan fingerprint density at radius 1 is 1.41 bits per heavy atom. The summed E-state index contributed by atoms with van der Waals surface area (Å²) in [4.78, 5) is 21.1. The number of carbonyl (C=O) groups is 2. The number of aliphatic carboxylic acids is 2. The molecule has 0 heterocycles. The average molecular weight is 236 g/mol. The van der Waals surface area contributed by atoms with Gasteiger partial charge >= 0.3 is 5.97 Å². The Morgan fingerprint density at radius 2 is 2.06 bits per heavy atom. The third-order valence-electron chi connectivity index (χ3n) is 1.95. The lowest BCUT2D eigenvalue weighted by Crippen LogP contribution is -2.28. The molecular formula is C11H8O6-2. The Labute approximate surface area is 96.4 Å². The van der Waals surface area contributed by atoms with E-state index in [2.05, 4.69) is 0 Å². The highest BCUT2D eigenvalue weighted by Crippen LogP contribution is 2.24. The maximum absolute atomic E-state index is 11.3. The fraction of sp³-hybridized carbons (Fsp3) is 0.0909. The minimum Gasteiger partial charge on any atom is -0.870 e. The minimum atomic E-state index is -1.82. The van der Waals surface area contributed by atoms with Crippen molar-refractivity contribution in [1.82, 2.24) is 0 Å². The molecule has 0 aliphatic carbocycles. The standard InChI is InChI=1S/C11H10O6/c1-17-9-3-2-6(5-8(9)12)4-7(10(13)14)11(15)16/h2-5,12H,1H3,(H,13,14)(H,15,16)/p-2. The molecule has 1 aromatic rings. The third kappa shape index (κ3) is 2.97. The highest BCUT2D eigenvalue weighted by atomic mass is 16.5. The van der Waals surface area contributed by atoms with Gasteiger partial charge in [0.05, 0.1) is 18.7 Å². The molecule has 1 aromatic carbocycles. The first-order valence-corrected chi connectivity index (χ1v) is 4.47. The van der Waals surface area contributed by atoms with Gasteiger partial charge in [-0.15, -0.1) is 0 Å². The summed E-state index contributed by atoms with van der Waals surface area (Å²) < 4.78 is 4.72. The molecule has 0 amide bonds. The van der Waals surface area contributed by atoms with Crippen LogP contribution in [0.25, 0.3) is 6.08 Å². The highest BCUT2D eigenvalue weighted by molar-refractivity contribution is 6.15. The van der Waals surface area contributed by atoms with Crippen LogP contribution >= 0.6 is 0 Å². The zero-order valence-electron chi connectivity index (χ0n) is 8.80. The van der Waals surface area contributed by atoms with Crippen LogP contribution in [0.4, 0.5) is 0 Å². The van der Waals surface area contributed by atoms with E-state index in [0.717, 1.165) is 12.1 Å². The maximum Gasteiger partial charge on any atom is 0.337 e. The van der Waals surface area contributed by atoms with E-state index in [-0.39, 0.29) is 11.3 Å². The van der Waals surface area contributed by atoms with E-state index in [4.69, 9.17) is 9.84 Å². The SMILES string of the molecule is COc1ccc(/C=C(\C(=O)[O-])C(=O)O)cc1[O-]. The van der Waals surface area contributed by atoms with Gasteiger partial charge in [0.25, 0.3) is 0 Å². The van der Waals surface area contributed by atoms with Crippen molar-refractivity contribution < 1.29 is 29.6 Å². The van der Waals surface area contributed by atoms with Crippen LogP contribution in [0.5, 0.6) is 11.5 Å². The molecular weight excluding hydrogens is 228 g/mol. The molecule has 0 aromatic heterocycles. The van der Waals surface area contributed by atoms with Gasteiger partial charge in [-0.05, 0) is 17.7 Å². The van der Waals surface area contributed by atoms with Gasteiger partial charge in [0, 0.05) is 0 Å². The topological polar surface area (TPSA) is 110 Å². The lowest BCUT2D eigenvalue weighted by Gasteiger charge is -2.12. The predicted molar refractivity (Wildman–Crippen MR) is 53.1 cm³/mol. The van der Waals surface area contributed by atoms with Gasteiger partial charge in [0.1, 0.15) is 5.75 Å². The summed E-state index contributed by atoms with van der Waals surface area (Å²) >= 11 is 0. The summed E-state index contributed by atoms with van der Waals surface area (Å²) in [5, 5.41) is 30.4. The molecule has 1 N–H and O–H groups in total. The highest BCUT2D eigenvalue weighted by Gasteiger charge is 2.08. The first-order chi connectivity index (χ1) is 7.95. The summed E-state index contributed by atoms with van der Waals surface area (Å²) in [6, 6.07) is 3.76. The summed E-state index contributed by atoms with van der Waals surface area (Å²) in [5.41, 5.74) is -0.771. The van der Waals surface area contributed by atoms with Crippen molar-refractivity contribution in [3.05, 3.63) is 29.3 Å². The van der Waals surface area contributed by atoms with E-state index in [0.29, 0.717) is 0 Å². The van der Waals surface area contributed by atoms with Crippen LogP contribution < -0.4 is 14.9 Å². The quantitative estimate of drug-likeness (QED) is 0.407. The number of hydrogen-bond acceptors (Lipinski definition) is 5. The summed E-state index contributed by atoms with van der Waals surface area (Å²) in [6.45, 7) is 0. The van der Waals surface area contributed by atoms with Crippen molar-refractivity contribution >= 4 is 18.0 Å². The Kier molecular flexibility index (Phi) is 3.71. The molecule has 0 bridgehead atoms. The molecule has 0 saturated carbocycles. The molecule has 17 heavy (non-hydrogen) atoms. The Morgan fingerprint density at radius 3 is 2.47 bits per heavy atom. The number of hydrogen-bond donors (Lipinski definition) is 1. The maximum atomic E-state index is 11.3. The van der Waals surface area contributed by atoms with Gasteiger partial charge < -0.3 is 24.9 Å². The van der Waals surface area contributed by atoms with E-state index in [1.54, 1.807) is 0 Å². The van der Waals surface area contributed by atoms with Crippen LogP contribution in [-0.4, -0.2) is 24.2 Å². The molecule has 0 aliphatic heterocycles. The number of benzene rings is 1. The molecule has 0 fully saturated rings. The van der Waals surface area contributed by atoms with E-state index >= 15 is 0 Å². The van der Waals surface area contributed by atoms with E-state index in [1.165, 1.54) is 19.2 Å². The lowest BCUT2D eigenvalue weighted by molar-refractivity contribution is -0.298. The molecule has 0 atom stereocenters. The zero-order valence-corrected chi connectivity index (χ0v) is 8.80. The van der Waals surface area contributed by atoms with Gasteiger partial charge in [0.2, 0.25) is 0 Å². The first-order valence-electron chi connectivity index (χ1n) is 4.47. The summed E-state index contributed by atoms with van der Waals surface area (Å²) in [5.74, 6) is -3.83. The van der Waals surface area contributed by atoms with E-state index in [1.807, 2.05) is 0 Å². The minimum absolute atomic E-state index is 0.0903. The summed E-state index contributed by atoms with van der Waals surface area (Å²) in [6.07, 6.45) is 0.846. The van der Waals surface area contributed by atoms with E-state index < -0.39 is 23.3 Å². The van der Waals surface area contributed by atoms with Crippen LogP contribution in [0.15, 0.2) is 23.8 Å². The fourth-order valence-corrected chi connectivity index (χ4v) is 1.16. The first kappa shape index (κ1) is 12.6. The van der Waals surface area contributed by atoms with Gasteiger partial charge in [-0.25, -0.2) is 4.79 Å². The van der Waals surface area contributed by atoms with Gasteiger partial charge in [-0.2, -0.15) is 0 Å². The number of carboxylic acids is 2. The average Bonchev–Trinajstić information content (AvgIpc) is 2.25. The van der Waals surface area contributed by atoms with E-state index in [9.17, 15) is 19.8 Å². The second kappa shape index (κ2) is 5.02. The number of rotatable bonds is 4. The molecule has 1 rings (SSSR count). The molecule has 0 spiro atoms. The number of carboxylic acid groups (broad SMARTS) is 2. The fourth-order valence-electron chi connectivity index (χ4n) is 1.16. The number of carbonyl (C=O) groups excluding carboxylic acids is 1. The Balaban J connectivity index is 3.17. The predicted octanol–water partition coefficient (Wildman–Crippen LogP) is -1.01. The van der Waals surface area contributed by atoms with Crippen molar-refractivity contribution in [2.75, 3.05) is 7.11 Å². The molecule has 0 unspecified atom stereocenters. The summed E-state index contributed by atoms with van der Waals surface area (Å²) in [7, 11) is 1.32. The molecule has 6 heteroatoms. The largest absolute Gasteiger partial charge is 0.870 e. The van der Waals surface area contributed by atoms with Crippen molar-refractivity contribution in [3.63, 3.8) is 0 Å².